The van der Waals surface area contributed by atoms with Crippen molar-refractivity contribution in [3.05, 3.63) is 64.0 Å². The number of hydrogen-bond donors (Lipinski definition) is 0. The van der Waals surface area contributed by atoms with Gasteiger partial charge in [0.05, 0.1) is 0 Å². The van der Waals surface area contributed by atoms with E-state index in [2.05, 4.69) is 79.1 Å². The molecule has 0 bridgehead atoms. The molecular formula is C24H34BLi. The van der Waals surface area contributed by atoms with Crippen molar-refractivity contribution in [1.29, 1.82) is 0 Å². The first-order chi connectivity index (χ1) is 11.8. The van der Waals surface area contributed by atoms with Crippen LogP contribution >= 0.6 is 0 Å². The van der Waals surface area contributed by atoms with Crippen LogP contribution in [-0.4, -0.2) is 6.71 Å². The fraction of sp³-hybridized carbons (Fsp3) is 0.458. The first-order valence-corrected chi connectivity index (χ1v) is 9.84. The van der Waals surface area contributed by atoms with Crippen molar-refractivity contribution in [1.82, 2.24) is 0 Å². The molecule has 0 aromatic heterocycles. The summed E-state index contributed by atoms with van der Waals surface area (Å²) in [6.45, 7) is 16.2. The van der Waals surface area contributed by atoms with Crippen molar-refractivity contribution in [2.24, 2.45) is 0 Å². The van der Waals surface area contributed by atoms with Gasteiger partial charge in [0.15, 0.2) is 0 Å². The Kier molecular flexibility index (Phi) is 9.29. The van der Waals surface area contributed by atoms with Crippen LogP contribution in [0.4, 0.5) is 0 Å². The molecule has 0 N–H and O–H groups in total. The van der Waals surface area contributed by atoms with E-state index in [-0.39, 0.29) is 18.9 Å². The Hall–Kier alpha value is -0.898. The topological polar surface area (TPSA) is 0 Å². The molecule has 0 aliphatic heterocycles. The van der Waals surface area contributed by atoms with Gasteiger partial charge in [-0.25, -0.2) is 0 Å². The molecule has 2 heteroatoms. The third-order valence-corrected chi connectivity index (χ3v) is 5.31. The quantitative estimate of drug-likeness (QED) is 0.413. The van der Waals surface area contributed by atoms with E-state index in [1.807, 2.05) is 0 Å². The molecule has 0 amide bonds. The summed E-state index contributed by atoms with van der Waals surface area (Å²) in [4.78, 5) is 0. The average Bonchev–Trinajstić information content (AvgIpc) is 2.48. The Morgan fingerprint density at radius 1 is 0.692 bits per heavy atom. The van der Waals surface area contributed by atoms with Crippen molar-refractivity contribution in [2.45, 2.75) is 74.1 Å². The number of benzene rings is 2. The maximum Gasteiger partial charge on any atom is 1.00 e. The molecule has 0 aliphatic carbocycles. The second kappa shape index (κ2) is 10.4. The Bertz CT molecular complexity index is 629. The summed E-state index contributed by atoms with van der Waals surface area (Å²) in [6, 6.07) is 9.37. The zero-order chi connectivity index (χ0) is 18.6. The number of aryl methyl sites for hydroxylation is 6. The van der Waals surface area contributed by atoms with Gasteiger partial charge < -0.3 is 6.32 Å². The smallest absolute Gasteiger partial charge is 0.340 e. The molecule has 0 saturated carbocycles. The van der Waals surface area contributed by atoms with Crippen LogP contribution in [-0.2, 0) is 0 Å². The van der Waals surface area contributed by atoms with Crippen LogP contribution in [0.25, 0.3) is 0 Å². The van der Waals surface area contributed by atoms with Crippen molar-refractivity contribution >= 4 is 17.6 Å². The van der Waals surface area contributed by atoms with E-state index in [0.29, 0.717) is 6.71 Å². The van der Waals surface area contributed by atoms with Gasteiger partial charge in [-0.2, -0.15) is 6.42 Å². The maximum absolute atomic E-state index is 2.57. The molecule has 134 valence electrons. The Balaban J connectivity index is 0.00000338. The third-order valence-electron chi connectivity index (χ3n) is 5.31. The van der Waals surface area contributed by atoms with Gasteiger partial charge >= 0.3 is 18.9 Å². The van der Waals surface area contributed by atoms with Crippen LogP contribution in [0.5, 0.6) is 0 Å². The summed E-state index contributed by atoms with van der Waals surface area (Å²) < 4.78 is 0. The third kappa shape index (κ3) is 5.55. The van der Waals surface area contributed by atoms with E-state index in [1.165, 1.54) is 70.0 Å². The largest absolute Gasteiger partial charge is 1.00 e. The number of hydrogen-bond acceptors (Lipinski definition) is 0. The Labute approximate surface area is 174 Å². The van der Waals surface area contributed by atoms with E-state index in [1.54, 1.807) is 0 Å². The van der Waals surface area contributed by atoms with Gasteiger partial charge in [-0.1, -0.05) is 83.8 Å². The summed E-state index contributed by atoms with van der Waals surface area (Å²) in [5.41, 5.74) is 11.4. The first-order valence-electron chi connectivity index (χ1n) is 9.84. The molecule has 0 atom stereocenters. The second-order valence-electron chi connectivity index (χ2n) is 7.83. The van der Waals surface area contributed by atoms with E-state index >= 15 is 0 Å². The van der Waals surface area contributed by atoms with Gasteiger partial charge in [0.1, 0.15) is 0 Å². The minimum absolute atomic E-state index is 0. The molecule has 0 nitrogen and oxygen atoms in total. The molecule has 0 unspecified atom stereocenters. The molecule has 0 heterocycles. The van der Waals surface area contributed by atoms with E-state index < -0.39 is 0 Å². The van der Waals surface area contributed by atoms with Crippen LogP contribution in [0.2, 0.25) is 0 Å². The first kappa shape index (κ1) is 23.1. The average molecular weight is 340 g/mol. The monoisotopic (exact) mass is 340 g/mol. The normalized spacial score (nSPS) is 10.6. The summed E-state index contributed by atoms with van der Waals surface area (Å²) >= 11 is 0. The maximum atomic E-state index is 2.57. The molecule has 2 aromatic carbocycles. The van der Waals surface area contributed by atoms with Crippen molar-refractivity contribution < 1.29 is 18.9 Å². The van der Waals surface area contributed by atoms with Gasteiger partial charge in [-0.05, 0) is 41.5 Å². The van der Waals surface area contributed by atoms with Gasteiger partial charge in [0.2, 0.25) is 0 Å². The zero-order valence-corrected chi connectivity index (χ0v) is 18.3. The minimum atomic E-state index is 0. The number of unbranched alkanes of at least 4 members (excludes halogenated alkanes) is 3. The molecule has 2 aromatic rings. The molecule has 0 fully saturated rings. The predicted octanol–water partition coefficient (Wildman–Crippen LogP) is 2.47. The molecule has 0 spiro atoms. The molecule has 0 radical (unpaired) electrons. The van der Waals surface area contributed by atoms with Gasteiger partial charge in [0.25, 0.3) is 0 Å². The minimum Gasteiger partial charge on any atom is -0.340 e. The molecular weight excluding hydrogens is 306 g/mol. The van der Waals surface area contributed by atoms with Crippen LogP contribution in [0.15, 0.2) is 24.3 Å². The summed E-state index contributed by atoms with van der Waals surface area (Å²) in [6.07, 6.45) is 7.66. The van der Waals surface area contributed by atoms with Crippen LogP contribution in [0, 0.1) is 47.9 Å². The van der Waals surface area contributed by atoms with Crippen LogP contribution < -0.4 is 29.8 Å². The van der Waals surface area contributed by atoms with Crippen molar-refractivity contribution in [2.75, 3.05) is 0 Å². The van der Waals surface area contributed by atoms with Gasteiger partial charge in [0, 0.05) is 6.71 Å². The van der Waals surface area contributed by atoms with Crippen molar-refractivity contribution in [3.63, 3.8) is 0 Å². The molecule has 0 aliphatic rings. The second-order valence-corrected chi connectivity index (χ2v) is 7.83. The molecule has 26 heavy (non-hydrogen) atoms. The van der Waals surface area contributed by atoms with E-state index in [4.69, 9.17) is 0 Å². The fourth-order valence-corrected chi connectivity index (χ4v) is 4.42. The van der Waals surface area contributed by atoms with Crippen LogP contribution in [0.1, 0.15) is 66.0 Å². The van der Waals surface area contributed by atoms with Crippen molar-refractivity contribution in [3.8, 4) is 0 Å². The summed E-state index contributed by atoms with van der Waals surface area (Å²) in [7, 11) is 0. The SMILES string of the molecule is CCCCC[CH-]B(c1c(C)cc(C)cc1C)c1c(C)cc(C)cc1C.[Li+]. The Morgan fingerprint density at radius 2 is 1.08 bits per heavy atom. The zero-order valence-electron chi connectivity index (χ0n) is 18.3. The summed E-state index contributed by atoms with van der Waals surface area (Å²) in [5.74, 6) is 0. The van der Waals surface area contributed by atoms with Crippen LogP contribution in [0.3, 0.4) is 0 Å². The predicted molar refractivity (Wildman–Crippen MR) is 115 cm³/mol. The standard InChI is InChI=1S/C24H34B.Li/c1-8-9-10-11-12-25(23-19(4)13-17(2)14-20(23)5)24-21(6)15-18(3)16-22(24)7;/h12-16H,8-11H2,1-7H3;/q-1;+1. The molecule has 2 rings (SSSR count). The van der Waals surface area contributed by atoms with E-state index in [0.717, 1.165) is 0 Å². The van der Waals surface area contributed by atoms with E-state index in [9.17, 15) is 0 Å². The Morgan fingerprint density at radius 3 is 1.42 bits per heavy atom. The van der Waals surface area contributed by atoms with Gasteiger partial charge in [-0.15, -0.1) is 10.9 Å². The number of rotatable bonds is 7. The molecule has 0 saturated heterocycles. The van der Waals surface area contributed by atoms with Gasteiger partial charge in [-0.3, -0.25) is 0 Å². The fourth-order valence-electron chi connectivity index (χ4n) is 4.42. The summed E-state index contributed by atoms with van der Waals surface area (Å²) in [5, 5.41) is 0.